The van der Waals surface area contributed by atoms with Crippen molar-refractivity contribution in [2.24, 2.45) is 0 Å². The SMILES string of the molecule is CCCCC(=O)NC(CC)c1ccc(OC)cc1. The zero-order valence-electron chi connectivity index (χ0n) is 11.5. The molecule has 0 saturated carbocycles. The number of carbonyl (C=O) groups excluding carboxylic acids is 1. The third-order valence-electron chi connectivity index (χ3n) is 3.02. The topological polar surface area (TPSA) is 38.3 Å². The second-order valence-corrected chi connectivity index (χ2v) is 4.41. The van der Waals surface area contributed by atoms with E-state index in [2.05, 4.69) is 19.2 Å². The van der Waals surface area contributed by atoms with Crippen LogP contribution in [0.3, 0.4) is 0 Å². The van der Waals surface area contributed by atoms with E-state index in [1.54, 1.807) is 7.11 Å². The molecule has 1 aromatic rings. The highest BCUT2D eigenvalue weighted by molar-refractivity contribution is 5.76. The van der Waals surface area contributed by atoms with Crippen molar-refractivity contribution in [2.75, 3.05) is 7.11 Å². The number of hydrogen-bond acceptors (Lipinski definition) is 2. The van der Waals surface area contributed by atoms with Crippen LogP contribution in [0.1, 0.15) is 51.1 Å². The fourth-order valence-corrected chi connectivity index (χ4v) is 1.86. The van der Waals surface area contributed by atoms with Gasteiger partial charge in [0.2, 0.25) is 5.91 Å². The number of benzene rings is 1. The van der Waals surface area contributed by atoms with Gasteiger partial charge in [0.25, 0.3) is 0 Å². The van der Waals surface area contributed by atoms with E-state index in [4.69, 9.17) is 4.74 Å². The van der Waals surface area contributed by atoms with Gasteiger partial charge in [0.05, 0.1) is 13.2 Å². The van der Waals surface area contributed by atoms with Gasteiger partial charge in [-0.3, -0.25) is 4.79 Å². The van der Waals surface area contributed by atoms with Crippen molar-refractivity contribution in [2.45, 2.75) is 45.6 Å². The van der Waals surface area contributed by atoms with E-state index in [1.165, 1.54) is 0 Å². The second kappa shape index (κ2) is 7.75. The first-order valence-electron chi connectivity index (χ1n) is 6.64. The minimum absolute atomic E-state index is 0.0975. The predicted molar refractivity (Wildman–Crippen MR) is 73.7 cm³/mol. The van der Waals surface area contributed by atoms with Crippen LogP contribution in [0.4, 0.5) is 0 Å². The molecule has 0 saturated heterocycles. The van der Waals surface area contributed by atoms with E-state index in [9.17, 15) is 4.79 Å². The Labute approximate surface area is 110 Å². The van der Waals surface area contributed by atoms with Crippen molar-refractivity contribution < 1.29 is 9.53 Å². The summed E-state index contributed by atoms with van der Waals surface area (Å²) in [5.41, 5.74) is 1.13. The van der Waals surface area contributed by atoms with Crippen molar-refractivity contribution >= 4 is 5.91 Å². The molecule has 0 spiro atoms. The molecule has 0 bridgehead atoms. The molecule has 1 unspecified atom stereocenters. The molecule has 1 amide bonds. The molecule has 1 aromatic carbocycles. The van der Waals surface area contributed by atoms with Gasteiger partial charge in [0.15, 0.2) is 0 Å². The number of ether oxygens (including phenoxy) is 1. The number of nitrogens with one attached hydrogen (secondary N) is 1. The van der Waals surface area contributed by atoms with Crippen molar-refractivity contribution in [3.63, 3.8) is 0 Å². The van der Waals surface area contributed by atoms with Crippen molar-refractivity contribution in [3.8, 4) is 5.75 Å². The average Bonchev–Trinajstić information content (AvgIpc) is 2.42. The molecule has 0 aromatic heterocycles. The number of rotatable bonds is 7. The van der Waals surface area contributed by atoms with E-state index in [-0.39, 0.29) is 11.9 Å². The highest BCUT2D eigenvalue weighted by Gasteiger charge is 2.12. The van der Waals surface area contributed by atoms with E-state index in [1.807, 2.05) is 24.3 Å². The van der Waals surface area contributed by atoms with Crippen LogP contribution in [0.2, 0.25) is 0 Å². The molecule has 0 radical (unpaired) electrons. The standard InChI is InChI=1S/C15H23NO2/c1-4-6-7-15(17)16-14(5-2)12-8-10-13(18-3)11-9-12/h8-11,14H,4-7H2,1-3H3,(H,16,17). The van der Waals surface area contributed by atoms with E-state index in [0.717, 1.165) is 30.6 Å². The van der Waals surface area contributed by atoms with Crippen molar-refractivity contribution in [3.05, 3.63) is 29.8 Å². The maximum Gasteiger partial charge on any atom is 0.220 e. The highest BCUT2D eigenvalue weighted by Crippen LogP contribution is 2.20. The average molecular weight is 249 g/mol. The van der Waals surface area contributed by atoms with E-state index in [0.29, 0.717) is 6.42 Å². The highest BCUT2D eigenvalue weighted by atomic mass is 16.5. The maximum absolute atomic E-state index is 11.7. The fourth-order valence-electron chi connectivity index (χ4n) is 1.86. The Morgan fingerprint density at radius 2 is 1.94 bits per heavy atom. The number of carbonyl (C=O) groups is 1. The van der Waals surface area contributed by atoms with Gasteiger partial charge in [0.1, 0.15) is 5.75 Å². The Bertz CT molecular complexity index is 359. The summed E-state index contributed by atoms with van der Waals surface area (Å²) in [7, 11) is 1.65. The van der Waals surface area contributed by atoms with Crippen LogP contribution in [0.25, 0.3) is 0 Å². The summed E-state index contributed by atoms with van der Waals surface area (Å²) in [5, 5.41) is 3.08. The summed E-state index contributed by atoms with van der Waals surface area (Å²) in [6.45, 7) is 4.17. The van der Waals surface area contributed by atoms with Gasteiger partial charge >= 0.3 is 0 Å². The fraction of sp³-hybridized carbons (Fsp3) is 0.533. The molecule has 1 N–H and O–H groups in total. The van der Waals surface area contributed by atoms with E-state index < -0.39 is 0 Å². The van der Waals surface area contributed by atoms with Crippen LogP contribution in [-0.2, 0) is 4.79 Å². The van der Waals surface area contributed by atoms with Crippen LogP contribution in [-0.4, -0.2) is 13.0 Å². The normalized spacial score (nSPS) is 11.9. The minimum Gasteiger partial charge on any atom is -0.497 e. The van der Waals surface area contributed by atoms with Crippen LogP contribution in [0.15, 0.2) is 24.3 Å². The van der Waals surface area contributed by atoms with Gasteiger partial charge in [-0.15, -0.1) is 0 Å². The number of methoxy groups -OCH3 is 1. The van der Waals surface area contributed by atoms with Crippen LogP contribution < -0.4 is 10.1 Å². The molecule has 3 heteroatoms. The van der Waals surface area contributed by atoms with Gasteiger partial charge in [-0.05, 0) is 30.5 Å². The molecular weight excluding hydrogens is 226 g/mol. The first-order chi connectivity index (χ1) is 8.71. The Morgan fingerprint density at radius 3 is 2.44 bits per heavy atom. The van der Waals surface area contributed by atoms with Crippen LogP contribution in [0, 0.1) is 0 Å². The lowest BCUT2D eigenvalue weighted by Crippen LogP contribution is -2.27. The summed E-state index contributed by atoms with van der Waals surface area (Å²) >= 11 is 0. The van der Waals surface area contributed by atoms with Crippen LogP contribution in [0.5, 0.6) is 5.75 Å². The molecule has 1 rings (SSSR count). The molecule has 0 heterocycles. The number of unbranched alkanes of at least 4 members (excludes halogenated alkanes) is 1. The first kappa shape index (κ1) is 14.6. The predicted octanol–water partition coefficient (Wildman–Crippen LogP) is 3.45. The molecule has 0 aliphatic heterocycles. The molecular formula is C15H23NO2. The summed E-state index contributed by atoms with van der Waals surface area (Å²) in [4.78, 5) is 11.7. The van der Waals surface area contributed by atoms with Gasteiger partial charge in [-0.1, -0.05) is 32.4 Å². The first-order valence-corrected chi connectivity index (χ1v) is 6.64. The van der Waals surface area contributed by atoms with E-state index >= 15 is 0 Å². The molecule has 18 heavy (non-hydrogen) atoms. The summed E-state index contributed by atoms with van der Waals surface area (Å²) in [5.74, 6) is 0.977. The molecule has 0 aliphatic rings. The smallest absolute Gasteiger partial charge is 0.220 e. The molecule has 1 atom stereocenters. The number of hydrogen-bond donors (Lipinski definition) is 1. The van der Waals surface area contributed by atoms with Crippen LogP contribution >= 0.6 is 0 Å². The molecule has 0 aliphatic carbocycles. The Kier molecular flexibility index (Phi) is 6.26. The van der Waals surface area contributed by atoms with Gasteiger partial charge in [0, 0.05) is 6.42 Å². The largest absolute Gasteiger partial charge is 0.497 e. The minimum atomic E-state index is 0.0975. The van der Waals surface area contributed by atoms with Gasteiger partial charge in [-0.2, -0.15) is 0 Å². The lowest BCUT2D eigenvalue weighted by molar-refractivity contribution is -0.122. The molecule has 3 nitrogen and oxygen atoms in total. The Balaban J connectivity index is 2.61. The van der Waals surface area contributed by atoms with Crippen molar-refractivity contribution in [1.29, 1.82) is 0 Å². The lowest BCUT2D eigenvalue weighted by Gasteiger charge is -2.17. The second-order valence-electron chi connectivity index (χ2n) is 4.41. The molecule has 100 valence electrons. The quantitative estimate of drug-likeness (QED) is 0.803. The van der Waals surface area contributed by atoms with Crippen molar-refractivity contribution in [1.82, 2.24) is 5.32 Å². The zero-order chi connectivity index (χ0) is 13.4. The monoisotopic (exact) mass is 249 g/mol. The lowest BCUT2D eigenvalue weighted by atomic mass is 10.0. The summed E-state index contributed by atoms with van der Waals surface area (Å²) in [6, 6.07) is 7.97. The molecule has 0 fully saturated rings. The number of amides is 1. The zero-order valence-corrected chi connectivity index (χ0v) is 11.5. The Hall–Kier alpha value is -1.51. The summed E-state index contributed by atoms with van der Waals surface area (Å²) in [6.07, 6.45) is 3.50. The third-order valence-corrected chi connectivity index (χ3v) is 3.02. The summed E-state index contributed by atoms with van der Waals surface area (Å²) < 4.78 is 5.13. The third kappa shape index (κ3) is 4.40. The Morgan fingerprint density at radius 1 is 1.28 bits per heavy atom. The van der Waals surface area contributed by atoms with Gasteiger partial charge < -0.3 is 10.1 Å². The maximum atomic E-state index is 11.7. The van der Waals surface area contributed by atoms with Gasteiger partial charge in [-0.25, -0.2) is 0 Å².